The summed E-state index contributed by atoms with van der Waals surface area (Å²) in [5.74, 6) is 0.0985. The van der Waals surface area contributed by atoms with Crippen molar-refractivity contribution < 1.29 is 8.81 Å². The van der Waals surface area contributed by atoms with Gasteiger partial charge in [0.15, 0.2) is 5.58 Å². The van der Waals surface area contributed by atoms with Crippen LogP contribution in [0, 0.1) is 5.82 Å². The van der Waals surface area contributed by atoms with Crippen molar-refractivity contribution in [3.63, 3.8) is 0 Å². The third-order valence-corrected chi connectivity index (χ3v) is 2.80. The van der Waals surface area contributed by atoms with Crippen molar-refractivity contribution in [3.8, 4) is 11.3 Å². The maximum Gasteiger partial charge on any atom is 0.171 e. The van der Waals surface area contributed by atoms with E-state index in [1.54, 1.807) is 36.5 Å². The van der Waals surface area contributed by atoms with Crippen LogP contribution in [-0.4, -0.2) is 4.98 Å². The van der Waals surface area contributed by atoms with E-state index in [2.05, 4.69) is 4.98 Å². The van der Waals surface area contributed by atoms with E-state index < -0.39 is 0 Å². The summed E-state index contributed by atoms with van der Waals surface area (Å²) in [7, 11) is 0. The lowest BCUT2D eigenvalue weighted by molar-refractivity contribution is 0.601. The molecule has 0 fully saturated rings. The van der Waals surface area contributed by atoms with Crippen LogP contribution in [0.1, 0.15) is 0 Å². The number of benzene rings is 1. The van der Waals surface area contributed by atoms with Crippen LogP contribution in [0.15, 0.2) is 47.0 Å². The first-order valence-corrected chi connectivity index (χ1v) is 5.42. The van der Waals surface area contributed by atoms with Crippen LogP contribution in [0.5, 0.6) is 0 Å². The Morgan fingerprint density at radius 1 is 1.18 bits per heavy atom. The molecule has 2 nitrogen and oxygen atoms in total. The van der Waals surface area contributed by atoms with Gasteiger partial charge in [0, 0.05) is 12.3 Å². The fourth-order valence-electron chi connectivity index (χ4n) is 1.70. The molecule has 4 heteroatoms. The van der Waals surface area contributed by atoms with Crippen LogP contribution in [0.3, 0.4) is 0 Å². The van der Waals surface area contributed by atoms with Gasteiger partial charge in [-0.15, -0.1) is 0 Å². The van der Waals surface area contributed by atoms with Crippen LogP contribution in [0.4, 0.5) is 4.39 Å². The van der Waals surface area contributed by atoms with Crippen molar-refractivity contribution in [1.29, 1.82) is 0 Å². The molecule has 1 aromatic carbocycles. The smallest absolute Gasteiger partial charge is 0.171 e. The average molecular weight is 248 g/mol. The Morgan fingerprint density at radius 2 is 2.00 bits per heavy atom. The van der Waals surface area contributed by atoms with Crippen molar-refractivity contribution in [1.82, 2.24) is 4.98 Å². The molecule has 0 N–H and O–H groups in total. The van der Waals surface area contributed by atoms with E-state index in [0.717, 1.165) is 0 Å². The van der Waals surface area contributed by atoms with E-state index in [0.29, 0.717) is 27.4 Å². The predicted octanol–water partition coefficient (Wildman–Crippen LogP) is 4.29. The van der Waals surface area contributed by atoms with Gasteiger partial charge in [0.1, 0.15) is 17.1 Å². The summed E-state index contributed by atoms with van der Waals surface area (Å²) in [5, 5.41) is 0.470. The molecule has 0 unspecified atom stereocenters. The number of furan rings is 1. The minimum atomic E-state index is -0.331. The van der Waals surface area contributed by atoms with Crippen LogP contribution in [0.2, 0.25) is 5.02 Å². The number of hydrogen-bond donors (Lipinski definition) is 0. The second-order valence-corrected chi connectivity index (χ2v) is 4.00. The van der Waals surface area contributed by atoms with Gasteiger partial charge in [0.2, 0.25) is 0 Å². The minimum Gasteiger partial charge on any atom is -0.453 e. The van der Waals surface area contributed by atoms with Gasteiger partial charge >= 0.3 is 0 Å². The number of aromatic nitrogens is 1. The zero-order chi connectivity index (χ0) is 11.8. The molecule has 0 radical (unpaired) electrons. The second kappa shape index (κ2) is 3.86. The van der Waals surface area contributed by atoms with Crippen LogP contribution in [0.25, 0.3) is 22.4 Å². The lowest BCUT2D eigenvalue weighted by Crippen LogP contribution is -1.79. The van der Waals surface area contributed by atoms with E-state index >= 15 is 0 Å². The first-order chi connectivity index (χ1) is 8.25. The van der Waals surface area contributed by atoms with E-state index in [-0.39, 0.29) is 5.82 Å². The SMILES string of the molecule is Fc1ccccc1-c1cc2nccc(Cl)c2o1. The fourth-order valence-corrected chi connectivity index (χ4v) is 1.89. The Hall–Kier alpha value is -1.87. The van der Waals surface area contributed by atoms with E-state index in [9.17, 15) is 4.39 Å². The first kappa shape index (κ1) is 10.3. The summed E-state index contributed by atoms with van der Waals surface area (Å²) in [5.41, 5.74) is 1.50. The monoisotopic (exact) mass is 247 g/mol. The van der Waals surface area contributed by atoms with E-state index in [1.165, 1.54) is 6.07 Å². The Morgan fingerprint density at radius 3 is 2.76 bits per heavy atom. The van der Waals surface area contributed by atoms with Gasteiger partial charge in [0.25, 0.3) is 0 Å². The zero-order valence-corrected chi connectivity index (χ0v) is 9.41. The lowest BCUT2D eigenvalue weighted by atomic mass is 10.1. The maximum atomic E-state index is 13.6. The van der Waals surface area contributed by atoms with Crippen LogP contribution < -0.4 is 0 Å². The molecule has 0 saturated carbocycles. The van der Waals surface area contributed by atoms with Gasteiger partial charge in [-0.3, -0.25) is 4.98 Å². The highest BCUT2D eigenvalue weighted by Gasteiger charge is 2.12. The molecule has 2 heterocycles. The molecule has 17 heavy (non-hydrogen) atoms. The van der Waals surface area contributed by atoms with Gasteiger partial charge in [-0.05, 0) is 18.2 Å². The van der Waals surface area contributed by atoms with Crippen molar-refractivity contribution >= 4 is 22.7 Å². The summed E-state index contributed by atoms with van der Waals surface area (Å²) >= 11 is 5.97. The summed E-state index contributed by atoms with van der Waals surface area (Å²) < 4.78 is 19.1. The molecular formula is C13H7ClFNO. The average Bonchev–Trinajstić information content (AvgIpc) is 2.75. The summed E-state index contributed by atoms with van der Waals surface area (Å²) in [6.07, 6.45) is 1.59. The number of halogens is 2. The van der Waals surface area contributed by atoms with Crippen molar-refractivity contribution in [2.45, 2.75) is 0 Å². The zero-order valence-electron chi connectivity index (χ0n) is 8.65. The molecule has 3 rings (SSSR count). The predicted molar refractivity (Wildman–Crippen MR) is 64.4 cm³/mol. The Labute approximate surface area is 102 Å². The third kappa shape index (κ3) is 1.68. The van der Waals surface area contributed by atoms with Crippen molar-refractivity contribution in [2.24, 2.45) is 0 Å². The molecule has 0 atom stereocenters. The Kier molecular flexibility index (Phi) is 2.34. The normalized spacial score (nSPS) is 10.9. The number of hydrogen-bond acceptors (Lipinski definition) is 2. The fraction of sp³-hybridized carbons (Fsp3) is 0. The van der Waals surface area contributed by atoms with E-state index in [1.807, 2.05) is 0 Å². The largest absolute Gasteiger partial charge is 0.453 e. The number of fused-ring (bicyclic) bond motifs is 1. The molecule has 0 aliphatic heterocycles. The van der Waals surface area contributed by atoms with Crippen molar-refractivity contribution in [2.75, 3.05) is 0 Å². The summed E-state index contributed by atoms with van der Waals surface area (Å²) in [6, 6.07) is 9.74. The molecule has 0 aliphatic carbocycles. The molecule has 3 aromatic rings. The molecular weight excluding hydrogens is 241 g/mol. The summed E-state index contributed by atoms with van der Waals surface area (Å²) in [4.78, 5) is 4.12. The Bertz CT molecular complexity index is 693. The van der Waals surface area contributed by atoms with Gasteiger partial charge in [-0.25, -0.2) is 4.39 Å². The maximum absolute atomic E-state index is 13.6. The van der Waals surface area contributed by atoms with Gasteiger partial charge < -0.3 is 4.42 Å². The standard InChI is InChI=1S/C13H7ClFNO/c14-9-5-6-16-11-7-12(17-13(9)11)8-3-1-2-4-10(8)15/h1-7H. The molecule has 0 aliphatic rings. The number of rotatable bonds is 1. The minimum absolute atomic E-state index is 0.331. The molecule has 84 valence electrons. The van der Waals surface area contributed by atoms with Crippen molar-refractivity contribution in [3.05, 3.63) is 53.4 Å². The van der Waals surface area contributed by atoms with Crippen LogP contribution in [-0.2, 0) is 0 Å². The topological polar surface area (TPSA) is 26.0 Å². The highest BCUT2D eigenvalue weighted by molar-refractivity contribution is 6.34. The molecule has 0 spiro atoms. The van der Waals surface area contributed by atoms with E-state index in [4.69, 9.17) is 16.0 Å². The van der Waals surface area contributed by atoms with Gasteiger partial charge in [-0.2, -0.15) is 0 Å². The summed E-state index contributed by atoms with van der Waals surface area (Å²) in [6.45, 7) is 0. The Balaban J connectivity index is 2.26. The highest BCUT2D eigenvalue weighted by atomic mass is 35.5. The first-order valence-electron chi connectivity index (χ1n) is 5.04. The molecule has 0 saturated heterocycles. The molecule has 0 amide bonds. The number of nitrogens with zero attached hydrogens (tertiary/aromatic N) is 1. The highest BCUT2D eigenvalue weighted by Crippen LogP contribution is 2.31. The third-order valence-electron chi connectivity index (χ3n) is 2.50. The quantitative estimate of drug-likeness (QED) is 0.641. The molecule has 0 bridgehead atoms. The van der Waals surface area contributed by atoms with Gasteiger partial charge in [-0.1, -0.05) is 23.7 Å². The number of pyridine rings is 1. The van der Waals surface area contributed by atoms with Gasteiger partial charge in [0.05, 0.1) is 10.6 Å². The lowest BCUT2D eigenvalue weighted by Gasteiger charge is -1.97. The second-order valence-electron chi connectivity index (χ2n) is 3.60. The molecule has 2 aromatic heterocycles. The van der Waals surface area contributed by atoms with Crippen LogP contribution >= 0.6 is 11.6 Å².